The van der Waals surface area contributed by atoms with Gasteiger partial charge in [-0.2, -0.15) is 9.97 Å². The molecule has 0 atom stereocenters. The number of aryl methyl sites for hydroxylation is 2. The number of hydrogen-bond donors (Lipinski definition) is 1. The van der Waals surface area contributed by atoms with E-state index in [4.69, 9.17) is 30.4 Å². The summed E-state index contributed by atoms with van der Waals surface area (Å²) in [7, 11) is 1.83. The van der Waals surface area contributed by atoms with Crippen LogP contribution in [-0.4, -0.2) is 108 Å². The number of amides is 2. The highest BCUT2D eigenvalue weighted by atomic mass is 16.5. The molecule has 5 heterocycles. The van der Waals surface area contributed by atoms with Crippen LogP contribution in [0.1, 0.15) is 50.1 Å². The average Bonchev–Trinajstić information content (AvgIpc) is 3.51. The lowest BCUT2D eigenvalue weighted by atomic mass is 9.97. The maximum atomic E-state index is 14.2. The van der Waals surface area contributed by atoms with Gasteiger partial charge in [-0.1, -0.05) is 19.1 Å². The topological polar surface area (TPSA) is 141 Å². The van der Waals surface area contributed by atoms with E-state index in [9.17, 15) is 9.59 Å². The van der Waals surface area contributed by atoms with Crippen LogP contribution in [0.3, 0.4) is 0 Å². The SMILES string of the molecule is CCc1nc2ccccc2n1-c1nc(N2CCOCC2)c2nc(C(=O)N3CCN(C(=O)C4(N)CC4)CC3(C)C)n(C)c2n1. The molecule has 43 heavy (non-hydrogen) atoms. The van der Waals surface area contributed by atoms with E-state index in [1.54, 1.807) is 9.47 Å². The maximum Gasteiger partial charge on any atom is 0.290 e. The smallest absolute Gasteiger partial charge is 0.290 e. The summed E-state index contributed by atoms with van der Waals surface area (Å²) in [6, 6.07) is 7.96. The molecule has 0 radical (unpaired) electrons. The molecular formula is C30H38N10O3. The molecule has 1 saturated carbocycles. The number of ether oxygens (including phenoxy) is 1. The third-order valence-corrected chi connectivity index (χ3v) is 8.99. The molecule has 2 aliphatic heterocycles. The summed E-state index contributed by atoms with van der Waals surface area (Å²) in [6.45, 7) is 9.74. The Balaban J connectivity index is 1.31. The summed E-state index contributed by atoms with van der Waals surface area (Å²) in [5.41, 5.74) is 7.81. The summed E-state index contributed by atoms with van der Waals surface area (Å²) in [4.78, 5) is 52.7. The van der Waals surface area contributed by atoms with Crippen LogP contribution in [0.4, 0.5) is 5.82 Å². The van der Waals surface area contributed by atoms with E-state index in [0.717, 1.165) is 16.9 Å². The maximum absolute atomic E-state index is 14.2. The first-order chi connectivity index (χ1) is 20.6. The number of carbonyl (C=O) groups is 2. The van der Waals surface area contributed by atoms with Gasteiger partial charge in [-0.3, -0.25) is 14.2 Å². The molecule has 3 aromatic heterocycles. The second-order valence-electron chi connectivity index (χ2n) is 12.5. The summed E-state index contributed by atoms with van der Waals surface area (Å²) in [5.74, 6) is 2.07. The Morgan fingerprint density at radius 1 is 1.00 bits per heavy atom. The average molecular weight is 587 g/mol. The summed E-state index contributed by atoms with van der Waals surface area (Å²) >= 11 is 0. The first kappa shape index (κ1) is 27.7. The number of nitrogens with two attached hydrogens (primary N) is 1. The van der Waals surface area contributed by atoms with Gasteiger partial charge < -0.3 is 29.7 Å². The van der Waals surface area contributed by atoms with Gasteiger partial charge >= 0.3 is 0 Å². The third kappa shape index (κ3) is 4.52. The van der Waals surface area contributed by atoms with Crippen molar-refractivity contribution in [2.24, 2.45) is 12.8 Å². The van der Waals surface area contributed by atoms with Crippen molar-refractivity contribution in [2.45, 2.75) is 51.1 Å². The second kappa shape index (κ2) is 9.98. The Morgan fingerprint density at radius 3 is 2.44 bits per heavy atom. The minimum Gasteiger partial charge on any atom is -0.378 e. The zero-order valence-electron chi connectivity index (χ0n) is 25.2. The number of fused-ring (bicyclic) bond motifs is 2. The number of benzene rings is 1. The van der Waals surface area contributed by atoms with Crippen LogP contribution in [0, 0.1) is 0 Å². The van der Waals surface area contributed by atoms with Gasteiger partial charge in [0.25, 0.3) is 5.91 Å². The van der Waals surface area contributed by atoms with Gasteiger partial charge in [-0.05, 0) is 38.8 Å². The van der Waals surface area contributed by atoms with Crippen LogP contribution in [0.2, 0.25) is 0 Å². The molecular weight excluding hydrogens is 548 g/mol. The first-order valence-corrected chi connectivity index (χ1v) is 15.1. The van der Waals surface area contributed by atoms with E-state index in [1.165, 1.54) is 0 Å². The van der Waals surface area contributed by atoms with Gasteiger partial charge in [-0.25, -0.2) is 9.97 Å². The van der Waals surface area contributed by atoms with Crippen molar-refractivity contribution in [3.8, 4) is 5.95 Å². The van der Waals surface area contributed by atoms with Gasteiger partial charge in [0.05, 0.1) is 35.3 Å². The lowest BCUT2D eigenvalue weighted by Gasteiger charge is -2.47. The fourth-order valence-corrected chi connectivity index (χ4v) is 6.35. The number of aromatic nitrogens is 6. The fraction of sp³-hybridized carbons (Fsp3) is 0.533. The Labute approximate surface area is 249 Å². The summed E-state index contributed by atoms with van der Waals surface area (Å²) in [5, 5.41) is 0. The van der Waals surface area contributed by atoms with Crippen molar-refractivity contribution >= 4 is 39.8 Å². The molecule has 2 saturated heterocycles. The number of hydrogen-bond acceptors (Lipinski definition) is 9. The number of carbonyl (C=O) groups excluding carboxylic acids is 2. The first-order valence-electron chi connectivity index (χ1n) is 15.1. The van der Waals surface area contributed by atoms with Crippen LogP contribution in [0.15, 0.2) is 24.3 Å². The van der Waals surface area contributed by atoms with Crippen molar-refractivity contribution in [3.63, 3.8) is 0 Å². The number of para-hydroxylation sites is 2. The number of rotatable bonds is 5. The minimum atomic E-state index is -0.732. The van der Waals surface area contributed by atoms with Crippen LogP contribution >= 0.6 is 0 Å². The van der Waals surface area contributed by atoms with E-state index in [2.05, 4.69) is 11.8 Å². The summed E-state index contributed by atoms with van der Waals surface area (Å²) in [6.07, 6.45) is 2.13. The lowest BCUT2D eigenvalue weighted by molar-refractivity contribution is -0.137. The number of imidazole rings is 2. The number of nitrogens with zero attached hydrogens (tertiary/aromatic N) is 9. The molecule has 0 spiro atoms. The molecule has 4 aromatic rings. The van der Waals surface area contributed by atoms with Crippen molar-refractivity contribution in [3.05, 3.63) is 35.9 Å². The quantitative estimate of drug-likeness (QED) is 0.370. The monoisotopic (exact) mass is 586 g/mol. The highest BCUT2D eigenvalue weighted by molar-refractivity contribution is 5.97. The van der Waals surface area contributed by atoms with Gasteiger partial charge in [0.15, 0.2) is 17.0 Å². The molecule has 13 nitrogen and oxygen atoms in total. The third-order valence-electron chi connectivity index (χ3n) is 8.99. The Bertz CT molecular complexity index is 1750. The van der Waals surface area contributed by atoms with E-state index in [-0.39, 0.29) is 17.6 Å². The standard InChI is InChI=1S/C30H38N10O3/c1-5-21-32-19-8-6-7-9-20(19)40(21)28-34-23-22(24(35-28)37-14-16-43-17-15-37)33-25(36(23)4)26(41)39-13-12-38(18-29(39,2)3)27(42)30(31)10-11-30/h6-9H,5,10-18,31H2,1-4H3. The molecule has 226 valence electrons. The van der Waals surface area contributed by atoms with Crippen LogP contribution < -0.4 is 10.6 Å². The van der Waals surface area contributed by atoms with Gasteiger partial charge in [0.1, 0.15) is 5.82 Å². The van der Waals surface area contributed by atoms with Crippen LogP contribution in [0.25, 0.3) is 28.1 Å². The van der Waals surface area contributed by atoms with Crippen molar-refractivity contribution < 1.29 is 14.3 Å². The molecule has 2 amide bonds. The minimum absolute atomic E-state index is 0.0214. The van der Waals surface area contributed by atoms with Crippen molar-refractivity contribution in [2.75, 3.05) is 50.8 Å². The zero-order valence-corrected chi connectivity index (χ0v) is 25.2. The normalized spacial score (nSPS) is 19.8. The molecule has 3 aliphatic rings. The van der Waals surface area contributed by atoms with E-state index in [0.29, 0.717) is 88.1 Å². The highest BCUT2D eigenvalue weighted by Gasteiger charge is 2.50. The van der Waals surface area contributed by atoms with E-state index >= 15 is 0 Å². The van der Waals surface area contributed by atoms with Gasteiger partial charge in [-0.15, -0.1) is 0 Å². The predicted molar refractivity (Wildman–Crippen MR) is 161 cm³/mol. The Hall–Kier alpha value is -4.10. The Morgan fingerprint density at radius 2 is 1.74 bits per heavy atom. The highest BCUT2D eigenvalue weighted by Crippen LogP contribution is 2.36. The van der Waals surface area contributed by atoms with E-state index in [1.807, 2.05) is 54.6 Å². The predicted octanol–water partition coefficient (Wildman–Crippen LogP) is 1.66. The molecule has 0 unspecified atom stereocenters. The lowest BCUT2D eigenvalue weighted by Crippen LogP contribution is -2.64. The molecule has 1 aliphatic carbocycles. The van der Waals surface area contributed by atoms with Gasteiger partial charge in [0.2, 0.25) is 17.7 Å². The largest absolute Gasteiger partial charge is 0.378 e. The molecule has 3 fully saturated rings. The molecule has 1 aromatic carbocycles. The van der Waals surface area contributed by atoms with Crippen molar-refractivity contribution in [1.82, 2.24) is 38.9 Å². The Kier molecular flexibility index (Phi) is 6.43. The molecule has 2 N–H and O–H groups in total. The molecule has 13 heteroatoms. The van der Waals surface area contributed by atoms with Crippen molar-refractivity contribution in [1.29, 1.82) is 0 Å². The van der Waals surface area contributed by atoms with Gasteiger partial charge in [0, 0.05) is 46.2 Å². The molecule has 7 rings (SSSR count). The number of anilines is 1. The number of morpholine rings is 1. The second-order valence-corrected chi connectivity index (χ2v) is 12.5. The zero-order chi connectivity index (χ0) is 30.1. The summed E-state index contributed by atoms with van der Waals surface area (Å²) < 4.78 is 9.39. The molecule has 0 bridgehead atoms. The number of piperazine rings is 1. The van der Waals surface area contributed by atoms with Crippen LogP contribution in [0.5, 0.6) is 0 Å². The fourth-order valence-electron chi connectivity index (χ4n) is 6.35. The van der Waals surface area contributed by atoms with E-state index < -0.39 is 11.1 Å². The van der Waals surface area contributed by atoms with Crippen LogP contribution in [-0.2, 0) is 23.0 Å².